The van der Waals surface area contributed by atoms with Gasteiger partial charge in [-0.05, 0) is 29.8 Å². The van der Waals surface area contributed by atoms with Gasteiger partial charge in [0.25, 0.3) is 0 Å². The topological polar surface area (TPSA) is 61.1 Å². The third-order valence-electron chi connectivity index (χ3n) is 2.76. The van der Waals surface area contributed by atoms with Crippen LogP contribution in [0.15, 0.2) is 41.3 Å². The van der Waals surface area contributed by atoms with Gasteiger partial charge in [0.2, 0.25) is 0 Å². The molecule has 0 amide bonds. The standard InChI is InChI=1S/C15H9F2NO2S/c16-12-5-4-9(15(19)20)6-13(12)21-8-11-3-1-2-10(7-18)14(11)17/h1-6H,8H2,(H,19,20). The van der Waals surface area contributed by atoms with E-state index in [0.717, 1.165) is 17.8 Å². The number of hydrogen-bond donors (Lipinski definition) is 1. The molecule has 0 aliphatic rings. The minimum absolute atomic E-state index is 0.0369. The van der Waals surface area contributed by atoms with Gasteiger partial charge >= 0.3 is 5.97 Å². The Bertz CT molecular complexity index is 741. The van der Waals surface area contributed by atoms with Crippen molar-refractivity contribution in [1.82, 2.24) is 0 Å². The van der Waals surface area contributed by atoms with Crippen LogP contribution in [0.3, 0.4) is 0 Å². The molecule has 0 bridgehead atoms. The molecule has 21 heavy (non-hydrogen) atoms. The van der Waals surface area contributed by atoms with Crippen LogP contribution < -0.4 is 0 Å². The molecule has 6 heteroatoms. The van der Waals surface area contributed by atoms with Crippen molar-refractivity contribution in [3.63, 3.8) is 0 Å². The number of aromatic carboxylic acids is 1. The molecule has 2 aromatic carbocycles. The predicted octanol–water partition coefficient (Wildman–Crippen LogP) is 3.83. The molecule has 0 saturated carbocycles. The highest BCUT2D eigenvalue weighted by Crippen LogP contribution is 2.28. The van der Waals surface area contributed by atoms with E-state index >= 15 is 0 Å². The van der Waals surface area contributed by atoms with Crippen LogP contribution in [0.2, 0.25) is 0 Å². The Kier molecular flexibility index (Phi) is 4.55. The number of carboxylic acids is 1. The molecule has 3 nitrogen and oxygen atoms in total. The zero-order valence-corrected chi connectivity index (χ0v) is 11.5. The van der Waals surface area contributed by atoms with Gasteiger partial charge in [0, 0.05) is 10.6 Å². The summed E-state index contributed by atoms with van der Waals surface area (Å²) >= 11 is 0.977. The van der Waals surface area contributed by atoms with Crippen molar-refractivity contribution in [3.8, 4) is 6.07 Å². The molecule has 0 heterocycles. The van der Waals surface area contributed by atoms with E-state index in [1.807, 2.05) is 0 Å². The van der Waals surface area contributed by atoms with Crippen LogP contribution in [-0.4, -0.2) is 11.1 Å². The van der Waals surface area contributed by atoms with Crippen LogP contribution in [0, 0.1) is 23.0 Å². The minimum atomic E-state index is -1.16. The fourth-order valence-corrected chi connectivity index (χ4v) is 2.63. The lowest BCUT2D eigenvalue weighted by molar-refractivity contribution is 0.0696. The molecule has 0 aliphatic carbocycles. The fourth-order valence-electron chi connectivity index (χ4n) is 1.68. The van der Waals surface area contributed by atoms with Crippen molar-refractivity contribution < 1.29 is 18.7 Å². The third kappa shape index (κ3) is 3.38. The van der Waals surface area contributed by atoms with Crippen LogP contribution in [0.1, 0.15) is 21.5 Å². The molecule has 0 radical (unpaired) electrons. The van der Waals surface area contributed by atoms with E-state index in [1.165, 1.54) is 24.3 Å². The highest BCUT2D eigenvalue weighted by atomic mass is 32.2. The van der Waals surface area contributed by atoms with E-state index in [0.29, 0.717) is 0 Å². The molecule has 1 N–H and O–H groups in total. The second-order valence-electron chi connectivity index (χ2n) is 4.13. The first kappa shape index (κ1) is 15.0. The van der Waals surface area contributed by atoms with Gasteiger partial charge in [0.1, 0.15) is 17.7 Å². The van der Waals surface area contributed by atoms with Crippen LogP contribution in [-0.2, 0) is 5.75 Å². The molecule has 0 aliphatic heterocycles. The van der Waals surface area contributed by atoms with Gasteiger partial charge in [-0.2, -0.15) is 5.26 Å². The lowest BCUT2D eigenvalue weighted by Gasteiger charge is -2.06. The van der Waals surface area contributed by atoms with Crippen molar-refractivity contribution in [2.24, 2.45) is 0 Å². The highest BCUT2D eigenvalue weighted by Gasteiger charge is 2.12. The fraction of sp³-hybridized carbons (Fsp3) is 0.0667. The summed E-state index contributed by atoms with van der Waals surface area (Å²) in [5.74, 6) is -2.26. The Morgan fingerprint density at radius 2 is 2.05 bits per heavy atom. The van der Waals surface area contributed by atoms with E-state index in [2.05, 4.69) is 0 Å². The number of hydrogen-bond acceptors (Lipinski definition) is 3. The average molecular weight is 305 g/mol. The number of halogens is 2. The summed E-state index contributed by atoms with van der Waals surface area (Å²) in [6, 6.07) is 9.57. The van der Waals surface area contributed by atoms with E-state index in [1.54, 1.807) is 12.1 Å². The summed E-state index contributed by atoms with van der Waals surface area (Å²) in [4.78, 5) is 11.0. The summed E-state index contributed by atoms with van der Waals surface area (Å²) in [6.07, 6.45) is 0. The Hall–Kier alpha value is -2.39. The van der Waals surface area contributed by atoms with Gasteiger partial charge in [-0.1, -0.05) is 12.1 Å². The highest BCUT2D eigenvalue weighted by molar-refractivity contribution is 7.98. The largest absolute Gasteiger partial charge is 0.478 e. The molecule has 0 aromatic heterocycles. The summed E-state index contributed by atoms with van der Waals surface area (Å²) in [6.45, 7) is 0. The third-order valence-corrected chi connectivity index (χ3v) is 3.84. The minimum Gasteiger partial charge on any atom is -0.478 e. The lowest BCUT2D eigenvalue weighted by atomic mass is 10.1. The molecule has 2 rings (SSSR count). The monoisotopic (exact) mass is 305 g/mol. The van der Waals surface area contributed by atoms with Crippen molar-refractivity contribution >= 4 is 17.7 Å². The van der Waals surface area contributed by atoms with Crippen molar-refractivity contribution in [2.45, 2.75) is 10.6 Å². The van der Waals surface area contributed by atoms with E-state index in [-0.39, 0.29) is 27.3 Å². The molecule has 0 fully saturated rings. The molecular formula is C15H9F2NO2S. The maximum atomic E-state index is 13.9. The Morgan fingerprint density at radius 3 is 2.71 bits per heavy atom. The number of carboxylic acid groups (broad SMARTS) is 1. The smallest absolute Gasteiger partial charge is 0.335 e. The van der Waals surface area contributed by atoms with E-state index in [4.69, 9.17) is 10.4 Å². The molecule has 0 saturated heterocycles. The zero-order valence-electron chi connectivity index (χ0n) is 10.6. The molecule has 2 aromatic rings. The second-order valence-corrected chi connectivity index (χ2v) is 5.15. The van der Waals surface area contributed by atoms with Crippen molar-refractivity contribution in [3.05, 3.63) is 64.7 Å². The lowest BCUT2D eigenvalue weighted by Crippen LogP contribution is -1.97. The Labute approximate surface area is 123 Å². The summed E-state index contributed by atoms with van der Waals surface area (Å²) in [7, 11) is 0. The normalized spacial score (nSPS) is 10.1. The number of rotatable bonds is 4. The van der Waals surface area contributed by atoms with Gasteiger partial charge in [-0.3, -0.25) is 0 Å². The van der Waals surface area contributed by atoms with E-state index in [9.17, 15) is 13.6 Å². The first-order chi connectivity index (χ1) is 10.0. The maximum absolute atomic E-state index is 13.9. The predicted molar refractivity (Wildman–Crippen MR) is 74.0 cm³/mol. The Balaban J connectivity index is 2.23. The van der Waals surface area contributed by atoms with Crippen molar-refractivity contribution in [1.29, 1.82) is 5.26 Å². The van der Waals surface area contributed by atoms with Gasteiger partial charge in [0.15, 0.2) is 0 Å². The summed E-state index contributed by atoms with van der Waals surface area (Å²) in [5.41, 5.74) is 0.150. The average Bonchev–Trinajstić information content (AvgIpc) is 2.47. The molecule has 0 unspecified atom stereocenters. The number of thioether (sulfide) groups is 1. The molecule has 106 valence electrons. The number of nitriles is 1. The van der Waals surface area contributed by atoms with Gasteiger partial charge < -0.3 is 5.11 Å². The number of carbonyl (C=O) groups is 1. The van der Waals surface area contributed by atoms with Crippen LogP contribution >= 0.6 is 11.8 Å². The van der Waals surface area contributed by atoms with Crippen LogP contribution in [0.4, 0.5) is 8.78 Å². The SMILES string of the molecule is N#Cc1cccc(CSc2cc(C(=O)O)ccc2F)c1F. The van der Waals surface area contributed by atoms with Crippen LogP contribution in [0.5, 0.6) is 0 Å². The van der Waals surface area contributed by atoms with Crippen molar-refractivity contribution in [2.75, 3.05) is 0 Å². The molecule has 0 spiro atoms. The first-order valence-corrected chi connectivity index (χ1v) is 6.84. The quantitative estimate of drug-likeness (QED) is 0.872. The van der Waals surface area contributed by atoms with E-state index < -0.39 is 17.6 Å². The first-order valence-electron chi connectivity index (χ1n) is 5.86. The number of benzene rings is 2. The summed E-state index contributed by atoms with van der Waals surface area (Å²) < 4.78 is 27.5. The second kappa shape index (κ2) is 6.37. The summed E-state index contributed by atoms with van der Waals surface area (Å²) in [5, 5.41) is 17.6. The maximum Gasteiger partial charge on any atom is 0.335 e. The van der Waals surface area contributed by atoms with Gasteiger partial charge in [0.05, 0.1) is 11.1 Å². The molecule has 0 atom stereocenters. The molecular weight excluding hydrogens is 296 g/mol. The van der Waals surface area contributed by atoms with Crippen LogP contribution in [0.25, 0.3) is 0 Å². The Morgan fingerprint density at radius 1 is 1.29 bits per heavy atom. The van der Waals surface area contributed by atoms with Gasteiger partial charge in [-0.15, -0.1) is 11.8 Å². The number of nitrogens with zero attached hydrogens (tertiary/aromatic N) is 1. The van der Waals surface area contributed by atoms with Gasteiger partial charge in [-0.25, -0.2) is 13.6 Å². The zero-order chi connectivity index (χ0) is 15.4.